The van der Waals surface area contributed by atoms with Crippen LogP contribution in [0.25, 0.3) is 16.8 Å². The second kappa shape index (κ2) is 7.55. The van der Waals surface area contributed by atoms with Gasteiger partial charge in [0.2, 0.25) is 0 Å². The summed E-state index contributed by atoms with van der Waals surface area (Å²) in [6.07, 6.45) is 7.67. The monoisotopic (exact) mass is 380 g/mol. The fourth-order valence-electron chi connectivity index (χ4n) is 4.07. The summed E-state index contributed by atoms with van der Waals surface area (Å²) < 4.78 is 2.07. The Balaban J connectivity index is 1.90. The third kappa shape index (κ3) is 3.22. The van der Waals surface area contributed by atoms with Crippen LogP contribution in [0.15, 0.2) is 29.2 Å². The summed E-state index contributed by atoms with van der Waals surface area (Å²) in [5, 5.41) is 8.71. The molecule has 5 heteroatoms. The summed E-state index contributed by atoms with van der Waals surface area (Å²) in [5.41, 5.74) is 6.98. The van der Waals surface area contributed by atoms with E-state index in [0.29, 0.717) is 6.04 Å². The number of benzene rings is 1. The zero-order valence-corrected chi connectivity index (χ0v) is 17.5. The van der Waals surface area contributed by atoms with Crippen molar-refractivity contribution in [1.29, 1.82) is 0 Å². The molecule has 0 amide bonds. The van der Waals surface area contributed by atoms with Gasteiger partial charge in [-0.2, -0.15) is 9.61 Å². The molecule has 2 aromatic heterocycles. The molecule has 0 bridgehead atoms. The number of anilines is 1. The van der Waals surface area contributed by atoms with E-state index in [2.05, 4.69) is 61.1 Å². The van der Waals surface area contributed by atoms with Crippen LogP contribution < -0.4 is 5.32 Å². The minimum atomic E-state index is 0.467. The summed E-state index contributed by atoms with van der Waals surface area (Å²) in [6.45, 7) is 6.58. The van der Waals surface area contributed by atoms with E-state index in [-0.39, 0.29) is 0 Å². The highest BCUT2D eigenvalue weighted by molar-refractivity contribution is 7.98. The molecule has 27 heavy (non-hydrogen) atoms. The Hall–Kier alpha value is -2.01. The SMILES string of the molecule is CCC(CC)Nc1c2c(nc3c(-c4ccc(SC)cc4)c(C)nn13)CCC2. The van der Waals surface area contributed by atoms with E-state index in [1.807, 2.05) is 0 Å². The smallest absolute Gasteiger partial charge is 0.165 e. The van der Waals surface area contributed by atoms with Crippen molar-refractivity contribution < 1.29 is 0 Å². The van der Waals surface area contributed by atoms with Gasteiger partial charge in [-0.15, -0.1) is 11.8 Å². The zero-order valence-electron chi connectivity index (χ0n) is 16.7. The molecule has 0 saturated heterocycles. The van der Waals surface area contributed by atoms with E-state index in [1.165, 1.54) is 28.1 Å². The molecule has 1 aliphatic carbocycles. The van der Waals surface area contributed by atoms with Gasteiger partial charge in [-0.25, -0.2) is 4.98 Å². The highest BCUT2D eigenvalue weighted by atomic mass is 32.2. The largest absolute Gasteiger partial charge is 0.367 e. The summed E-state index contributed by atoms with van der Waals surface area (Å²) in [4.78, 5) is 6.35. The van der Waals surface area contributed by atoms with Gasteiger partial charge in [0.15, 0.2) is 5.65 Å². The number of nitrogens with one attached hydrogen (secondary N) is 1. The molecule has 0 radical (unpaired) electrons. The fourth-order valence-corrected chi connectivity index (χ4v) is 4.47. The minimum absolute atomic E-state index is 0.467. The van der Waals surface area contributed by atoms with Gasteiger partial charge in [0.1, 0.15) is 5.82 Å². The van der Waals surface area contributed by atoms with Crippen molar-refractivity contribution in [2.24, 2.45) is 0 Å². The van der Waals surface area contributed by atoms with Gasteiger partial charge in [-0.1, -0.05) is 26.0 Å². The lowest BCUT2D eigenvalue weighted by Gasteiger charge is -2.19. The van der Waals surface area contributed by atoms with Crippen molar-refractivity contribution in [2.75, 3.05) is 11.6 Å². The molecule has 1 N–H and O–H groups in total. The topological polar surface area (TPSA) is 42.2 Å². The first-order valence-corrected chi connectivity index (χ1v) is 11.2. The van der Waals surface area contributed by atoms with Gasteiger partial charge in [0, 0.05) is 27.8 Å². The molecule has 3 aromatic rings. The molecule has 4 nitrogen and oxygen atoms in total. The van der Waals surface area contributed by atoms with Crippen molar-refractivity contribution in [3.8, 4) is 11.1 Å². The van der Waals surface area contributed by atoms with Crippen LogP contribution >= 0.6 is 11.8 Å². The Bertz CT molecular complexity index is 955. The number of hydrogen-bond donors (Lipinski definition) is 1. The van der Waals surface area contributed by atoms with Crippen LogP contribution in [0, 0.1) is 6.92 Å². The average Bonchev–Trinajstić information content (AvgIpc) is 3.29. The van der Waals surface area contributed by atoms with E-state index in [9.17, 15) is 0 Å². The molecule has 142 valence electrons. The molecule has 1 aromatic carbocycles. The van der Waals surface area contributed by atoms with Crippen molar-refractivity contribution >= 4 is 23.2 Å². The van der Waals surface area contributed by atoms with Crippen LogP contribution in [-0.4, -0.2) is 26.9 Å². The molecular formula is C22H28N4S. The number of fused-ring (bicyclic) bond motifs is 2. The number of nitrogens with zero attached hydrogens (tertiary/aromatic N) is 3. The Labute approximate surface area is 165 Å². The van der Waals surface area contributed by atoms with E-state index >= 15 is 0 Å². The third-order valence-electron chi connectivity index (χ3n) is 5.67. The average molecular weight is 381 g/mol. The van der Waals surface area contributed by atoms with Gasteiger partial charge in [-0.05, 0) is 63.0 Å². The number of aryl methyl sites for hydroxylation is 2. The highest BCUT2D eigenvalue weighted by Crippen LogP contribution is 2.35. The lowest BCUT2D eigenvalue weighted by Crippen LogP contribution is -2.21. The highest BCUT2D eigenvalue weighted by Gasteiger charge is 2.24. The predicted octanol–water partition coefficient (Wildman–Crippen LogP) is 5.52. The van der Waals surface area contributed by atoms with Crippen molar-refractivity contribution in [1.82, 2.24) is 14.6 Å². The van der Waals surface area contributed by atoms with Crippen LogP contribution in [0.3, 0.4) is 0 Å². The maximum absolute atomic E-state index is 5.07. The first-order chi connectivity index (χ1) is 13.2. The van der Waals surface area contributed by atoms with E-state index in [4.69, 9.17) is 10.1 Å². The summed E-state index contributed by atoms with van der Waals surface area (Å²) in [6, 6.07) is 9.21. The Morgan fingerprint density at radius 3 is 2.56 bits per heavy atom. The van der Waals surface area contributed by atoms with Gasteiger partial charge in [-0.3, -0.25) is 0 Å². The van der Waals surface area contributed by atoms with Gasteiger partial charge >= 0.3 is 0 Å². The molecule has 0 atom stereocenters. The Morgan fingerprint density at radius 1 is 1.15 bits per heavy atom. The maximum atomic E-state index is 5.07. The van der Waals surface area contributed by atoms with Crippen molar-refractivity contribution in [3.05, 3.63) is 41.2 Å². The second-order valence-electron chi connectivity index (χ2n) is 7.32. The molecule has 0 saturated carbocycles. The first-order valence-electron chi connectivity index (χ1n) is 9.98. The Morgan fingerprint density at radius 2 is 1.89 bits per heavy atom. The zero-order chi connectivity index (χ0) is 19.0. The van der Waals surface area contributed by atoms with E-state index in [1.54, 1.807) is 11.8 Å². The number of rotatable bonds is 6. The van der Waals surface area contributed by atoms with Crippen LogP contribution in [0.2, 0.25) is 0 Å². The van der Waals surface area contributed by atoms with Gasteiger partial charge in [0.05, 0.1) is 5.69 Å². The maximum Gasteiger partial charge on any atom is 0.165 e. The molecule has 0 fully saturated rings. The lowest BCUT2D eigenvalue weighted by atomic mass is 10.1. The fraction of sp³-hybridized carbons (Fsp3) is 0.455. The van der Waals surface area contributed by atoms with Crippen LogP contribution in [-0.2, 0) is 12.8 Å². The number of thioether (sulfide) groups is 1. The third-order valence-corrected chi connectivity index (χ3v) is 6.41. The minimum Gasteiger partial charge on any atom is -0.367 e. The molecule has 2 heterocycles. The van der Waals surface area contributed by atoms with Gasteiger partial charge in [0.25, 0.3) is 0 Å². The first kappa shape index (κ1) is 18.4. The Kier molecular flexibility index (Phi) is 5.13. The number of aromatic nitrogens is 3. The lowest BCUT2D eigenvalue weighted by molar-refractivity contribution is 0.661. The molecule has 0 unspecified atom stereocenters. The van der Waals surface area contributed by atoms with Crippen molar-refractivity contribution in [2.45, 2.75) is 63.8 Å². The van der Waals surface area contributed by atoms with Crippen LogP contribution in [0.1, 0.15) is 50.1 Å². The molecule has 0 aliphatic heterocycles. The van der Waals surface area contributed by atoms with Crippen molar-refractivity contribution in [3.63, 3.8) is 0 Å². The normalized spacial score (nSPS) is 13.5. The van der Waals surface area contributed by atoms with Crippen LogP contribution in [0.5, 0.6) is 0 Å². The summed E-state index contributed by atoms with van der Waals surface area (Å²) in [7, 11) is 0. The summed E-state index contributed by atoms with van der Waals surface area (Å²) >= 11 is 1.77. The predicted molar refractivity (Wildman–Crippen MR) is 115 cm³/mol. The number of hydrogen-bond acceptors (Lipinski definition) is 4. The van der Waals surface area contributed by atoms with E-state index in [0.717, 1.165) is 48.4 Å². The second-order valence-corrected chi connectivity index (χ2v) is 8.20. The van der Waals surface area contributed by atoms with E-state index < -0.39 is 0 Å². The molecule has 0 spiro atoms. The molecule has 4 rings (SSSR count). The quantitative estimate of drug-likeness (QED) is 0.572. The molecule has 1 aliphatic rings. The molecular weight excluding hydrogens is 352 g/mol. The van der Waals surface area contributed by atoms with Crippen LogP contribution in [0.4, 0.5) is 5.82 Å². The van der Waals surface area contributed by atoms with Gasteiger partial charge < -0.3 is 5.32 Å². The standard InChI is InChI=1S/C22H28N4S/c1-5-16(6-2)23-21-18-8-7-9-19(18)24-22-20(14(3)25-26(21)22)15-10-12-17(27-4)13-11-15/h10-13,16,23H,5-9H2,1-4H3. The summed E-state index contributed by atoms with van der Waals surface area (Å²) in [5.74, 6) is 1.16.